The molecule has 3 heterocycles. The number of hydrogen-bond acceptors (Lipinski definition) is 5. The summed E-state index contributed by atoms with van der Waals surface area (Å²) in [5.74, 6) is 1.45. The first-order valence-electron chi connectivity index (χ1n) is 7.14. The van der Waals surface area contributed by atoms with Crippen LogP contribution in [0.2, 0.25) is 0 Å². The van der Waals surface area contributed by atoms with E-state index in [0.29, 0.717) is 24.5 Å². The largest absolute Gasteiger partial charge is 0.369 e. The van der Waals surface area contributed by atoms with Crippen molar-refractivity contribution in [2.45, 2.75) is 26.4 Å². The molecule has 3 rings (SSSR count). The maximum atomic E-state index is 12.7. The lowest BCUT2D eigenvalue weighted by molar-refractivity contribution is 0.0708. The minimum atomic E-state index is -0.0176. The average Bonchev–Trinajstić information content (AvgIpc) is 3.00. The van der Waals surface area contributed by atoms with Crippen molar-refractivity contribution in [2.24, 2.45) is 0 Å². The van der Waals surface area contributed by atoms with Crippen LogP contribution in [0.5, 0.6) is 0 Å². The topological polar surface area (TPSA) is 75.9 Å². The van der Waals surface area contributed by atoms with Crippen molar-refractivity contribution in [1.82, 2.24) is 24.6 Å². The number of carbonyl (C=O) groups excluding carboxylic acids is 1. The van der Waals surface area contributed by atoms with Crippen molar-refractivity contribution >= 4 is 11.7 Å². The highest BCUT2D eigenvalue weighted by molar-refractivity contribution is 5.98. The third-order valence-corrected chi connectivity index (χ3v) is 3.51. The van der Waals surface area contributed by atoms with E-state index in [2.05, 4.69) is 27.4 Å². The van der Waals surface area contributed by atoms with Gasteiger partial charge in [-0.1, -0.05) is 6.92 Å². The van der Waals surface area contributed by atoms with Crippen molar-refractivity contribution in [3.05, 3.63) is 36.0 Å². The molecule has 1 aliphatic rings. The van der Waals surface area contributed by atoms with Gasteiger partial charge in [0.15, 0.2) is 5.82 Å². The predicted molar refractivity (Wildman–Crippen MR) is 77.8 cm³/mol. The number of amides is 1. The van der Waals surface area contributed by atoms with E-state index in [1.165, 1.54) is 0 Å². The van der Waals surface area contributed by atoms with E-state index in [4.69, 9.17) is 0 Å². The molecule has 0 fully saturated rings. The molecule has 110 valence electrons. The van der Waals surface area contributed by atoms with Crippen LogP contribution in [0.25, 0.3) is 0 Å². The van der Waals surface area contributed by atoms with Crippen molar-refractivity contribution < 1.29 is 4.79 Å². The zero-order valence-corrected chi connectivity index (χ0v) is 12.0. The number of pyridine rings is 1. The van der Waals surface area contributed by atoms with Crippen LogP contribution < -0.4 is 5.32 Å². The van der Waals surface area contributed by atoms with E-state index >= 15 is 0 Å². The smallest absolute Gasteiger partial charge is 0.258 e. The fourth-order valence-corrected chi connectivity index (χ4v) is 2.37. The van der Waals surface area contributed by atoms with Gasteiger partial charge in [0.2, 0.25) is 0 Å². The summed E-state index contributed by atoms with van der Waals surface area (Å²) in [6, 6.07) is 3.60. The second kappa shape index (κ2) is 5.90. The van der Waals surface area contributed by atoms with Crippen molar-refractivity contribution in [3.8, 4) is 0 Å². The summed E-state index contributed by atoms with van der Waals surface area (Å²) < 4.78 is 1.98. The minimum absolute atomic E-state index is 0.0176. The molecule has 0 atom stereocenters. The van der Waals surface area contributed by atoms with Crippen LogP contribution in [-0.2, 0) is 13.1 Å². The van der Waals surface area contributed by atoms with Gasteiger partial charge in [-0.15, -0.1) is 10.2 Å². The van der Waals surface area contributed by atoms with Gasteiger partial charge in [-0.3, -0.25) is 4.79 Å². The number of aromatic nitrogens is 4. The van der Waals surface area contributed by atoms with Crippen LogP contribution in [0.15, 0.2) is 24.7 Å². The second-order valence-electron chi connectivity index (χ2n) is 4.99. The Kier molecular flexibility index (Phi) is 3.81. The van der Waals surface area contributed by atoms with Gasteiger partial charge in [-0.25, -0.2) is 4.98 Å². The molecule has 2 aromatic rings. The Bertz CT molecular complexity index is 638. The molecule has 0 spiro atoms. The molecule has 1 N–H and O–H groups in total. The summed E-state index contributed by atoms with van der Waals surface area (Å²) >= 11 is 0. The summed E-state index contributed by atoms with van der Waals surface area (Å²) in [7, 11) is 0. The highest BCUT2D eigenvalue weighted by Crippen LogP contribution is 2.18. The van der Waals surface area contributed by atoms with E-state index in [1.54, 1.807) is 23.5 Å². The Balaban J connectivity index is 1.80. The highest BCUT2D eigenvalue weighted by Gasteiger charge is 2.24. The summed E-state index contributed by atoms with van der Waals surface area (Å²) in [6.45, 7) is 4.75. The fourth-order valence-electron chi connectivity index (χ4n) is 2.37. The van der Waals surface area contributed by atoms with Gasteiger partial charge in [0.05, 0.1) is 12.1 Å². The molecule has 7 heteroatoms. The number of carbonyl (C=O) groups is 1. The zero-order valence-electron chi connectivity index (χ0n) is 12.0. The Morgan fingerprint density at radius 1 is 1.43 bits per heavy atom. The molecule has 21 heavy (non-hydrogen) atoms. The van der Waals surface area contributed by atoms with Gasteiger partial charge in [0.1, 0.15) is 12.1 Å². The Morgan fingerprint density at radius 2 is 2.33 bits per heavy atom. The molecular weight excluding hydrogens is 268 g/mol. The number of nitrogens with one attached hydrogen (secondary N) is 1. The SMILES string of the molecule is CCCNc1ncccc1C(=O)N1CCn2cnnc2C1. The minimum Gasteiger partial charge on any atom is -0.369 e. The predicted octanol–water partition coefficient (Wildman–Crippen LogP) is 1.15. The van der Waals surface area contributed by atoms with Gasteiger partial charge in [0, 0.05) is 25.8 Å². The van der Waals surface area contributed by atoms with Gasteiger partial charge >= 0.3 is 0 Å². The maximum absolute atomic E-state index is 12.7. The number of fused-ring (bicyclic) bond motifs is 1. The van der Waals surface area contributed by atoms with Crippen LogP contribution >= 0.6 is 0 Å². The number of nitrogens with zero attached hydrogens (tertiary/aromatic N) is 5. The second-order valence-corrected chi connectivity index (χ2v) is 4.99. The Hall–Kier alpha value is -2.44. The lowest BCUT2D eigenvalue weighted by atomic mass is 10.2. The highest BCUT2D eigenvalue weighted by atomic mass is 16.2. The molecule has 0 bridgehead atoms. The fraction of sp³-hybridized carbons (Fsp3) is 0.429. The lowest BCUT2D eigenvalue weighted by Gasteiger charge is -2.27. The number of anilines is 1. The third-order valence-electron chi connectivity index (χ3n) is 3.51. The summed E-state index contributed by atoms with van der Waals surface area (Å²) in [4.78, 5) is 18.8. The first-order chi connectivity index (χ1) is 10.3. The number of rotatable bonds is 4. The monoisotopic (exact) mass is 286 g/mol. The standard InChI is InChI=1S/C14H18N6O/c1-2-5-15-13-11(4-3-6-16-13)14(21)19-7-8-20-10-17-18-12(20)9-19/h3-4,6,10H,2,5,7-9H2,1H3,(H,15,16). The Morgan fingerprint density at radius 3 is 3.19 bits per heavy atom. The van der Waals surface area contributed by atoms with Crippen LogP contribution in [0, 0.1) is 0 Å². The summed E-state index contributed by atoms with van der Waals surface area (Å²) in [5, 5.41) is 11.1. The van der Waals surface area contributed by atoms with Crippen molar-refractivity contribution in [1.29, 1.82) is 0 Å². The molecule has 0 saturated heterocycles. The molecule has 0 saturated carbocycles. The van der Waals surface area contributed by atoms with E-state index in [1.807, 2.05) is 10.6 Å². The summed E-state index contributed by atoms with van der Waals surface area (Å²) in [6.07, 6.45) is 4.38. The van der Waals surface area contributed by atoms with Crippen LogP contribution in [0.4, 0.5) is 5.82 Å². The molecule has 2 aromatic heterocycles. The quantitative estimate of drug-likeness (QED) is 0.912. The molecule has 1 aliphatic heterocycles. The van der Waals surface area contributed by atoms with Gasteiger partial charge < -0.3 is 14.8 Å². The molecular formula is C14H18N6O. The molecule has 0 radical (unpaired) electrons. The molecule has 0 aliphatic carbocycles. The van der Waals surface area contributed by atoms with E-state index in [9.17, 15) is 4.79 Å². The van der Waals surface area contributed by atoms with Crippen molar-refractivity contribution in [2.75, 3.05) is 18.4 Å². The van der Waals surface area contributed by atoms with E-state index in [-0.39, 0.29) is 5.91 Å². The first-order valence-corrected chi connectivity index (χ1v) is 7.14. The molecule has 1 amide bonds. The zero-order chi connectivity index (χ0) is 14.7. The van der Waals surface area contributed by atoms with Crippen molar-refractivity contribution in [3.63, 3.8) is 0 Å². The van der Waals surface area contributed by atoms with Gasteiger partial charge in [-0.05, 0) is 18.6 Å². The first kappa shape index (κ1) is 13.5. The molecule has 7 nitrogen and oxygen atoms in total. The number of hydrogen-bond donors (Lipinski definition) is 1. The average molecular weight is 286 g/mol. The van der Waals surface area contributed by atoms with Gasteiger partial charge in [-0.2, -0.15) is 0 Å². The lowest BCUT2D eigenvalue weighted by Crippen LogP contribution is -2.38. The van der Waals surface area contributed by atoms with E-state index in [0.717, 1.165) is 25.3 Å². The molecule has 0 unspecified atom stereocenters. The van der Waals surface area contributed by atoms with E-state index < -0.39 is 0 Å². The third kappa shape index (κ3) is 2.72. The summed E-state index contributed by atoms with van der Waals surface area (Å²) in [5.41, 5.74) is 0.610. The van der Waals surface area contributed by atoms with Crippen LogP contribution in [0.1, 0.15) is 29.5 Å². The Labute approximate surface area is 123 Å². The maximum Gasteiger partial charge on any atom is 0.258 e. The van der Waals surface area contributed by atoms with Gasteiger partial charge in [0.25, 0.3) is 5.91 Å². The van der Waals surface area contributed by atoms with Crippen LogP contribution in [-0.4, -0.2) is 43.6 Å². The molecule has 0 aromatic carbocycles. The van der Waals surface area contributed by atoms with Crippen LogP contribution in [0.3, 0.4) is 0 Å². The normalized spacial score (nSPS) is 13.9.